The Balaban J connectivity index is 1.32. The summed E-state index contributed by atoms with van der Waals surface area (Å²) >= 11 is 0.936. The summed E-state index contributed by atoms with van der Waals surface area (Å²) in [7, 11) is 0. The lowest BCUT2D eigenvalue weighted by Crippen LogP contribution is -2.43. The number of thiophene rings is 1. The van der Waals surface area contributed by atoms with Crippen molar-refractivity contribution in [2.45, 2.75) is 43.5 Å². The van der Waals surface area contributed by atoms with Crippen LogP contribution in [0.4, 0.5) is 23.9 Å². The van der Waals surface area contributed by atoms with Crippen molar-refractivity contribution in [3.63, 3.8) is 0 Å². The normalized spacial score (nSPS) is 23.0. The van der Waals surface area contributed by atoms with Gasteiger partial charge in [0, 0.05) is 36.9 Å². The lowest BCUT2D eigenvalue weighted by atomic mass is 9.95. The van der Waals surface area contributed by atoms with Gasteiger partial charge in [-0.1, -0.05) is 18.7 Å². The van der Waals surface area contributed by atoms with Crippen molar-refractivity contribution in [3.8, 4) is 23.0 Å². The number of nitrogen functional groups attached to an aromatic ring is 1. The Bertz CT molecular complexity index is 1910. The number of fused-ring (bicyclic) bond motifs is 3. The van der Waals surface area contributed by atoms with Gasteiger partial charge in [-0.2, -0.15) is 9.97 Å². The maximum Gasteiger partial charge on any atom is 0.320 e. The molecule has 3 fully saturated rings. The van der Waals surface area contributed by atoms with Gasteiger partial charge in [-0.25, -0.2) is 18.0 Å². The number of halogens is 3. The van der Waals surface area contributed by atoms with Crippen molar-refractivity contribution in [2.24, 2.45) is 0 Å². The first-order chi connectivity index (χ1) is 21.7. The molecule has 45 heavy (non-hydrogen) atoms. The Hall–Kier alpha value is -4.41. The largest absolute Gasteiger partial charge is 0.472 e. The molecular formula is C32H29F3N6O3S. The van der Waals surface area contributed by atoms with Crippen molar-refractivity contribution >= 4 is 48.9 Å². The number of nitrogens with zero attached hydrogens (tertiary/aromatic N) is 5. The molecule has 9 nitrogen and oxygen atoms in total. The molecule has 3 aliphatic heterocycles. The Morgan fingerprint density at radius 2 is 2.04 bits per heavy atom. The van der Waals surface area contributed by atoms with Crippen LogP contribution < -0.4 is 15.2 Å². The molecule has 0 aliphatic carbocycles. The second kappa shape index (κ2) is 11.2. The van der Waals surface area contributed by atoms with Gasteiger partial charge < -0.3 is 20.1 Å². The van der Waals surface area contributed by atoms with Crippen molar-refractivity contribution < 1.29 is 27.4 Å². The third-order valence-electron chi connectivity index (χ3n) is 9.09. The SMILES string of the molecule is [C-]#[N+]c1c(N)sc2c(F)ccc(-c3ccc4c(OC5CCN(C(=O)C=C)C5)nc(OCC56CCCN5CC(F)C6)nc4c3F)c12. The van der Waals surface area contributed by atoms with Crippen LogP contribution in [-0.2, 0) is 4.79 Å². The molecular weight excluding hydrogens is 605 g/mol. The van der Waals surface area contributed by atoms with Crippen LogP contribution in [0.2, 0.25) is 0 Å². The number of rotatable bonds is 7. The predicted molar refractivity (Wildman–Crippen MR) is 165 cm³/mol. The van der Waals surface area contributed by atoms with Gasteiger partial charge in [-0.05, 0) is 43.2 Å². The highest BCUT2D eigenvalue weighted by Gasteiger charge is 2.49. The van der Waals surface area contributed by atoms with Crippen LogP contribution >= 0.6 is 11.3 Å². The van der Waals surface area contributed by atoms with E-state index in [0.29, 0.717) is 38.0 Å². The van der Waals surface area contributed by atoms with E-state index in [1.54, 1.807) is 11.0 Å². The lowest BCUT2D eigenvalue weighted by molar-refractivity contribution is -0.125. The number of likely N-dealkylation sites (tertiary alicyclic amines) is 1. The minimum atomic E-state index is -0.951. The minimum absolute atomic E-state index is 0.0580. The predicted octanol–water partition coefficient (Wildman–Crippen LogP) is 6.04. The number of ether oxygens (including phenoxy) is 2. The average molecular weight is 635 g/mol. The third-order valence-corrected chi connectivity index (χ3v) is 10.1. The van der Waals surface area contributed by atoms with Crippen LogP contribution in [0, 0.1) is 18.2 Å². The van der Waals surface area contributed by atoms with Gasteiger partial charge in [0.05, 0.1) is 33.7 Å². The Labute approximate surface area is 260 Å². The highest BCUT2D eigenvalue weighted by atomic mass is 32.1. The molecule has 5 heterocycles. The summed E-state index contributed by atoms with van der Waals surface area (Å²) in [5.74, 6) is -1.42. The maximum absolute atomic E-state index is 16.6. The van der Waals surface area contributed by atoms with E-state index in [2.05, 4.69) is 26.3 Å². The van der Waals surface area contributed by atoms with Gasteiger partial charge in [-0.3, -0.25) is 9.69 Å². The molecule has 2 aromatic carbocycles. The number of hydrogen-bond acceptors (Lipinski definition) is 8. The van der Waals surface area contributed by atoms with E-state index in [0.717, 1.165) is 30.7 Å². The summed E-state index contributed by atoms with van der Waals surface area (Å²) in [5.41, 5.74) is 5.89. The van der Waals surface area contributed by atoms with Crippen LogP contribution in [0.5, 0.6) is 11.9 Å². The molecule has 232 valence electrons. The summed E-state index contributed by atoms with van der Waals surface area (Å²) in [6.07, 6.45) is 2.44. The van der Waals surface area contributed by atoms with Crippen LogP contribution in [0.1, 0.15) is 25.7 Å². The Morgan fingerprint density at radius 3 is 2.84 bits per heavy atom. The molecule has 0 radical (unpaired) electrons. The zero-order valence-corrected chi connectivity index (χ0v) is 25.0. The third kappa shape index (κ3) is 4.92. The van der Waals surface area contributed by atoms with E-state index in [-0.39, 0.29) is 61.6 Å². The van der Waals surface area contributed by atoms with E-state index in [1.165, 1.54) is 24.3 Å². The second-order valence-electron chi connectivity index (χ2n) is 11.7. The molecule has 2 N–H and O–H groups in total. The Morgan fingerprint density at radius 1 is 1.22 bits per heavy atom. The van der Waals surface area contributed by atoms with Gasteiger partial charge in [-0.15, -0.1) is 11.3 Å². The molecule has 0 spiro atoms. The van der Waals surface area contributed by atoms with Gasteiger partial charge in [0.1, 0.15) is 30.2 Å². The summed E-state index contributed by atoms with van der Waals surface area (Å²) in [6.45, 7) is 13.2. The highest BCUT2D eigenvalue weighted by molar-refractivity contribution is 7.23. The van der Waals surface area contributed by atoms with Crippen molar-refractivity contribution in [3.05, 3.63) is 60.0 Å². The van der Waals surface area contributed by atoms with Crippen molar-refractivity contribution in [1.82, 2.24) is 19.8 Å². The smallest absolute Gasteiger partial charge is 0.320 e. The second-order valence-corrected chi connectivity index (χ2v) is 12.8. The molecule has 7 rings (SSSR count). The van der Waals surface area contributed by atoms with Crippen molar-refractivity contribution in [2.75, 3.05) is 38.5 Å². The minimum Gasteiger partial charge on any atom is -0.472 e. The fourth-order valence-electron chi connectivity index (χ4n) is 6.94. The van der Waals surface area contributed by atoms with Crippen LogP contribution in [0.15, 0.2) is 36.9 Å². The summed E-state index contributed by atoms with van der Waals surface area (Å²) < 4.78 is 58.3. The molecule has 4 aromatic rings. The molecule has 0 saturated carbocycles. The molecule has 3 saturated heterocycles. The van der Waals surface area contributed by atoms with Crippen LogP contribution in [0.25, 0.3) is 37.0 Å². The number of carbonyl (C=O) groups excluding carboxylic acids is 1. The number of aromatic nitrogens is 2. The zero-order valence-electron chi connectivity index (χ0n) is 24.2. The summed E-state index contributed by atoms with van der Waals surface area (Å²) in [5, 5.41) is 0.647. The lowest BCUT2D eigenvalue weighted by Gasteiger charge is -2.30. The van der Waals surface area contributed by atoms with E-state index < -0.39 is 29.4 Å². The summed E-state index contributed by atoms with van der Waals surface area (Å²) in [6, 6.07) is 5.64. The number of anilines is 1. The number of nitrogens with two attached hydrogens (primary N) is 1. The fourth-order valence-corrected chi connectivity index (χ4v) is 7.88. The molecule has 3 atom stereocenters. The van der Waals surface area contributed by atoms with Crippen molar-refractivity contribution in [1.29, 1.82) is 0 Å². The number of hydrogen-bond donors (Lipinski definition) is 1. The first-order valence-corrected chi connectivity index (χ1v) is 15.5. The monoisotopic (exact) mass is 634 g/mol. The van der Waals surface area contributed by atoms with E-state index in [1.807, 2.05) is 0 Å². The summed E-state index contributed by atoms with van der Waals surface area (Å²) in [4.78, 5) is 28.3. The van der Waals surface area contributed by atoms with E-state index >= 15 is 4.39 Å². The highest BCUT2D eigenvalue weighted by Crippen LogP contribution is 2.47. The van der Waals surface area contributed by atoms with Gasteiger partial charge in [0.25, 0.3) is 0 Å². The first kappa shape index (κ1) is 29.3. The Kier molecular flexibility index (Phi) is 7.29. The number of carbonyl (C=O) groups is 1. The standard InChI is InChI=1S/C32H29F3N6O3S/c1-3-23(42)40-12-9-18(15-40)44-30-21-6-5-20(19-7-8-22(34)28-24(19)27(37-2)29(36)45-28)25(35)26(21)38-31(39-30)43-16-32-10-4-11-41(32)14-17(33)13-32/h3,5-8,17-18H,1,4,9-16,36H2. The maximum atomic E-state index is 16.6. The fraction of sp³-hybridized carbons (Fsp3) is 0.375. The zero-order chi connectivity index (χ0) is 31.5. The van der Waals surface area contributed by atoms with E-state index in [9.17, 15) is 13.6 Å². The van der Waals surface area contributed by atoms with Gasteiger partial charge in [0.15, 0.2) is 5.82 Å². The number of benzene rings is 2. The number of alkyl halides is 1. The molecule has 2 aromatic heterocycles. The average Bonchev–Trinajstić information content (AvgIpc) is 3.79. The van der Waals surface area contributed by atoms with Crippen LogP contribution in [-0.4, -0.2) is 76.3 Å². The molecule has 3 unspecified atom stereocenters. The number of amides is 1. The van der Waals surface area contributed by atoms with Crippen LogP contribution in [0.3, 0.4) is 0 Å². The molecule has 0 bridgehead atoms. The molecule has 13 heteroatoms. The van der Waals surface area contributed by atoms with Gasteiger partial charge in [0.2, 0.25) is 17.5 Å². The quantitative estimate of drug-likeness (QED) is 0.196. The molecule has 1 amide bonds. The molecule has 3 aliphatic rings. The van der Waals surface area contributed by atoms with Gasteiger partial charge >= 0.3 is 6.01 Å². The first-order valence-electron chi connectivity index (χ1n) is 14.7. The topological polar surface area (TPSA) is 98.2 Å². The van der Waals surface area contributed by atoms with E-state index in [4.69, 9.17) is 21.8 Å².